The summed E-state index contributed by atoms with van der Waals surface area (Å²) in [5, 5.41) is 3.05. The molecule has 0 atom stereocenters. The highest BCUT2D eigenvalue weighted by atomic mass is 32.2. The van der Waals surface area contributed by atoms with Gasteiger partial charge < -0.3 is 5.32 Å². The van der Waals surface area contributed by atoms with Crippen LogP contribution in [0.4, 0.5) is 0 Å². The van der Waals surface area contributed by atoms with E-state index in [-0.39, 0.29) is 11.8 Å². The van der Waals surface area contributed by atoms with Gasteiger partial charge in [0.25, 0.3) is 0 Å². The average Bonchev–Trinajstić information content (AvgIpc) is 2.72. The zero-order chi connectivity index (χ0) is 22.6. The third-order valence-corrected chi connectivity index (χ3v) is 8.25. The van der Waals surface area contributed by atoms with Crippen molar-refractivity contribution in [3.8, 4) is 0 Å². The predicted octanol–water partition coefficient (Wildman–Crippen LogP) is 4.07. The zero-order valence-corrected chi connectivity index (χ0v) is 19.9. The molecule has 3 rings (SSSR count). The van der Waals surface area contributed by atoms with E-state index in [9.17, 15) is 13.2 Å². The second kappa shape index (κ2) is 9.96. The molecule has 1 aliphatic heterocycles. The van der Waals surface area contributed by atoms with Crippen LogP contribution in [0.3, 0.4) is 0 Å². The van der Waals surface area contributed by atoms with Gasteiger partial charge in [-0.15, -0.1) is 0 Å². The van der Waals surface area contributed by atoms with Crippen LogP contribution in [0, 0.1) is 33.6 Å². The summed E-state index contributed by atoms with van der Waals surface area (Å²) in [6, 6.07) is 11.9. The maximum absolute atomic E-state index is 13.0. The summed E-state index contributed by atoms with van der Waals surface area (Å²) >= 11 is 0. The maximum Gasteiger partial charge on any atom is 0.243 e. The van der Waals surface area contributed by atoms with Crippen molar-refractivity contribution >= 4 is 15.9 Å². The van der Waals surface area contributed by atoms with Crippen LogP contribution in [0.25, 0.3) is 0 Å². The Bertz CT molecular complexity index is 1040. The summed E-state index contributed by atoms with van der Waals surface area (Å²) in [4.78, 5) is 12.9. The first kappa shape index (κ1) is 23.5. The molecule has 5 nitrogen and oxygen atoms in total. The van der Waals surface area contributed by atoms with E-state index in [4.69, 9.17) is 0 Å². The Morgan fingerprint density at radius 3 is 2.19 bits per heavy atom. The molecule has 0 bridgehead atoms. The summed E-state index contributed by atoms with van der Waals surface area (Å²) in [7, 11) is -3.52. The standard InChI is InChI=1S/C25H34N2O3S/c1-18-7-9-22(20(3)16-18)6-5-13-26-25(28)23-11-14-27(15-12-23)31(29,30)24-10-8-19(2)17-21(24)4/h7-10,16-17,23H,5-6,11-15H2,1-4H3,(H,26,28). The molecule has 2 aromatic carbocycles. The fourth-order valence-electron chi connectivity index (χ4n) is 4.35. The molecule has 0 unspecified atom stereocenters. The number of nitrogens with one attached hydrogen (secondary N) is 1. The van der Waals surface area contributed by atoms with Crippen LogP contribution in [0.1, 0.15) is 47.1 Å². The number of piperidine rings is 1. The second-order valence-electron chi connectivity index (χ2n) is 8.77. The Balaban J connectivity index is 1.47. The van der Waals surface area contributed by atoms with Crippen LogP contribution in [-0.4, -0.2) is 38.3 Å². The van der Waals surface area contributed by atoms with Crippen molar-refractivity contribution in [1.29, 1.82) is 0 Å². The van der Waals surface area contributed by atoms with Crippen LogP contribution < -0.4 is 5.32 Å². The molecule has 0 aliphatic carbocycles. The Morgan fingerprint density at radius 1 is 0.968 bits per heavy atom. The number of carbonyl (C=O) groups is 1. The molecule has 0 spiro atoms. The Morgan fingerprint density at radius 2 is 1.58 bits per heavy atom. The van der Waals surface area contributed by atoms with E-state index in [0.29, 0.717) is 37.4 Å². The SMILES string of the molecule is Cc1ccc(CCCNC(=O)C2CCN(S(=O)(=O)c3ccc(C)cc3C)CC2)c(C)c1. The molecule has 1 saturated heterocycles. The van der Waals surface area contributed by atoms with Crippen LogP contribution in [0.15, 0.2) is 41.3 Å². The minimum atomic E-state index is -3.52. The molecule has 0 aromatic heterocycles. The maximum atomic E-state index is 13.0. The molecule has 1 fully saturated rings. The number of rotatable bonds is 7. The largest absolute Gasteiger partial charge is 0.356 e. The number of carbonyl (C=O) groups excluding carboxylic acids is 1. The van der Waals surface area contributed by atoms with Gasteiger partial charge in [0, 0.05) is 25.6 Å². The molecule has 1 heterocycles. The fraction of sp³-hybridized carbons (Fsp3) is 0.480. The van der Waals surface area contributed by atoms with E-state index in [2.05, 4.69) is 37.4 Å². The highest BCUT2D eigenvalue weighted by Gasteiger charge is 2.32. The van der Waals surface area contributed by atoms with Crippen molar-refractivity contribution in [2.45, 2.75) is 58.3 Å². The van der Waals surface area contributed by atoms with E-state index >= 15 is 0 Å². The van der Waals surface area contributed by atoms with Crippen LogP contribution in [0.5, 0.6) is 0 Å². The Hall–Kier alpha value is -2.18. The third-order valence-electron chi connectivity index (χ3n) is 6.19. The molecule has 2 aromatic rings. The quantitative estimate of drug-likeness (QED) is 0.658. The number of nitrogens with zero attached hydrogens (tertiary/aromatic N) is 1. The summed E-state index contributed by atoms with van der Waals surface area (Å²) < 4.78 is 27.6. The number of hydrogen-bond donors (Lipinski definition) is 1. The van der Waals surface area contributed by atoms with E-state index in [1.54, 1.807) is 6.07 Å². The van der Waals surface area contributed by atoms with E-state index < -0.39 is 10.0 Å². The molecular formula is C25H34N2O3S. The average molecular weight is 443 g/mol. The molecule has 0 saturated carbocycles. The molecule has 168 valence electrons. The Labute approximate surface area is 186 Å². The first-order valence-electron chi connectivity index (χ1n) is 11.1. The minimum Gasteiger partial charge on any atom is -0.356 e. The minimum absolute atomic E-state index is 0.0455. The lowest BCUT2D eigenvalue weighted by Gasteiger charge is -2.31. The lowest BCUT2D eigenvalue weighted by molar-refractivity contribution is -0.126. The normalized spacial score (nSPS) is 15.7. The summed E-state index contributed by atoms with van der Waals surface area (Å²) in [5.41, 5.74) is 5.70. The van der Waals surface area contributed by atoms with Crippen molar-refractivity contribution < 1.29 is 13.2 Å². The van der Waals surface area contributed by atoms with Gasteiger partial charge in [-0.2, -0.15) is 4.31 Å². The van der Waals surface area contributed by atoms with Crippen LogP contribution >= 0.6 is 0 Å². The molecule has 0 radical (unpaired) electrons. The summed E-state index contributed by atoms with van der Waals surface area (Å²) in [6.45, 7) is 9.42. The van der Waals surface area contributed by atoms with Crippen LogP contribution in [-0.2, 0) is 21.2 Å². The first-order valence-corrected chi connectivity index (χ1v) is 12.5. The topological polar surface area (TPSA) is 66.5 Å². The number of aryl methyl sites for hydroxylation is 5. The summed E-state index contributed by atoms with van der Waals surface area (Å²) in [6.07, 6.45) is 2.97. The smallest absolute Gasteiger partial charge is 0.243 e. The molecular weight excluding hydrogens is 408 g/mol. The predicted molar refractivity (Wildman–Crippen MR) is 125 cm³/mol. The van der Waals surface area contributed by atoms with Gasteiger partial charge in [0.15, 0.2) is 0 Å². The van der Waals surface area contributed by atoms with Gasteiger partial charge in [0.05, 0.1) is 4.90 Å². The van der Waals surface area contributed by atoms with E-state index in [0.717, 1.165) is 24.0 Å². The number of hydrogen-bond acceptors (Lipinski definition) is 3. The zero-order valence-electron chi connectivity index (χ0n) is 19.1. The van der Waals surface area contributed by atoms with Gasteiger partial charge in [-0.1, -0.05) is 41.5 Å². The van der Waals surface area contributed by atoms with Gasteiger partial charge in [-0.25, -0.2) is 8.42 Å². The highest BCUT2D eigenvalue weighted by molar-refractivity contribution is 7.89. The molecule has 6 heteroatoms. The monoisotopic (exact) mass is 442 g/mol. The first-order chi connectivity index (χ1) is 14.7. The fourth-order valence-corrected chi connectivity index (χ4v) is 6.02. The van der Waals surface area contributed by atoms with Crippen molar-refractivity contribution in [3.05, 3.63) is 64.2 Å². The molecule has 1 amide bonds. The third kappa shape index (κ3) is 5.74. The van der Waals surface area contributed by atoms with Gasteiger partial charge in [-0.3, -0.25) is 4.79 Å². The number of amides is 1. The highest BCUT2D eigenvalue weighted by Crippen LogP contribution is 2.26. The molecule has 31 heavy (non-hydrogen) atoms. The van der Waals surface area contributed by atoms with Gasteiger partial charge in [0.1, 0.15) is 0 Å². The lowest BCUT2D eigenvalue weighted by atomic mass is 9.97. The number of sulfonamides is 1. The van der Waals surface area contributed by atoms with E-state index in [1.807, 2.05) is 26.0 Å². The van der Waals surface area contributed by atoms with Crippen molar-refractivity contribution in [2.24, 2.45) is 5.92 Å². The number of benzene rings is 2. The van der Waals surface area contributed by atoms with Gasteiger partial charge in [0.2, 0.25) is 15.9 Å². The summed E-state index contributed by atoms with van der Waals surface area (Å²) in [5.74, 6) is -0.0733. The Kier molecular flexibility index (Phi) is 7.55. The molecule has 1 N–H and O–H groups in total. The van der Waals surface area contributed by atoms with Crippen molar-refractivity contribution in [1.82, 2.24) is 9.62 Å². The van der Waals surface area contributed by atoms with Gasteiger partial charge >= 0.3 is 0 Å². The van der Waals surface area contributed by atoms with Gasteiger partial charge in [-0.05, 0) is 76.1 Å². The molecule has 1 aliphatic rings. The van der Waals surface area contributed by atoms with Crippen LogP contribution in [0.2, 0.25) is 0 Å². The van der Waals surface area contributed by atoms with E-state index in [1.165, 1.54) is 21.0 Å². The van der Waals surface area contributed by atoms with Crippen molar-refractivity contribution in [2.75, 3.05) is 19.6 Å². The van der Waals surface area contributed by atoms with Crippen molar-refractivity contribution in [3.63, 3.8) is 0 Å². The lowest BCUT2D eigenvalue weighted by Crippen LogP contribution is -2.43. The second-order valence-corrected chi connectivity index (χ2v) is 10.7.